The van der Waals surface area contributed by atoms with Crippen LogP contribution >= 0.6 is 0 Å². The summed E-state index contributed by atoms with van der Waals surface area (Å²) < 4.78 is 4.77. The van der Waals surface area contributed by atoms with E-state index in [9.17, 15) is 9.59 Å². The van der Waals surface area contributed by atoms with E-state index in [4.69, 9.17) is 4.74 Å². The Hall–Kier alpha value is -1.06. The van der Waals surface area contributed by atoms with E-state index >= 15 is 0 Å². The fourth-order valence-corrected chi connectivity index (χ4v) is 1.18. The summed E-state index contributed by atoms with van der Waals surface area (Å²) in [6.07, 6.45) is -0.839. The first-order valence-corrected chi connectivity index (χ1v) is 4.03. The third-order valence-electron chi connectivity index (χ3n) is 1.91. The van der Waals surface area contributed by atoms with Crippen LogP contribution in [0, 0.1) is 5.92 Å². The normalized spacial score (nSPS) is 28.5. The molecule has 1 rings (SSSR count). The van der Waals surface area contributed by atoms with E-state index in [0.29, 0.717) is 0 Å². The van der Waals surface area contributed by atoms with Gasteiger partial charge in [-0.3, -0.25) is 4.79 Å². The largest absolute Gasteiger partial charge is 0.444 e. The van der Waals surface area contributed by atoms with Crippen LogP contribution in [-0.4, -0.2) is 24.0 Å². The van der Waals surface area contributed by atoms with Crippen LogP contribution in [0.25, 0.3) is 0 Å². The number of nitrogens with one attached hydrogen (secondary N) is 1. The van der Waals surface area contributed by atoms with Crippen molar-refractivity contribution < 1.29 is 14.3 Å². The molecule has 0 aromatic rings. The van der Waals surface area contributed by atoms with Crippen molar-refractivity contribution in [2.45, 2.75) is 32.9 Å². The van der Waals surface area contributed by atoms with E-state index in [1.165, 1.54) is 0 Å². The van der Waals surface area contributed by atoms with Crippen molar-refractivity contribution in [1.29, 1.82) is 0 Å². The lowest BCUT2D eigenvalue weighted by Crippen LogP contribution is -2.40. The second kappa shape index (κ2) is 3.13. The highest BCUT2D eigenvalue weighted by molar-refractivity contribution is 5.91. The molecule has 68 valence electrons. The first-order chi connectivity index (χ1) is 5.52. The Morgan fingerprint density at radius 2 is 2.17 bits per heavy atom. The number of hydrogen-bond donors (Lipinski definition) is 1. The molecule has 4 heteroatoms. The Morgan fingerprint density at radius 1 is 1.58 bits per heavy atom. The van der Waals surface area contributed by atoms with Gasteiger partial charge in [0.05, 0.1) is 0 Å². The molecule has 0 radical (unpaired) electrons. The van der Waals surface area contributed by atoms with Gasteiger partial charge in [0.2, 0.25) is 0 Å². The van der Waals surface area contributed by atoms with Gasteiger partial charge in [-0.1, -0.05) is 13.8 Å². The summed E-state index contributed by atoms with van der Waals surface area (Å²) in [5.41, 5.74) is 0. The summed E-state index contributed by atoms with van der Waals surface area (Å²) in [5, 5.41) is 2.47. The molecule has 0 bridgehead atoms. The zero-order valence-corrected chi connectivity index (χ0v) is 7.46. The van der Waals surface area contributed by atoms with Gasteiger partial charge in [0.15, 0.2) is 5.78 Å². The molecule has 1 aliphatic rings. The van der Waals surface area contributed by atoms with Crippen molar-refractivity contribution in [2.24, 2.45) is 5.92 Å². The van der Waals surface area contributed by atoms with Gasteiger partial charge in [0.25, 0.3) is 0 Å². The van der Waals surface area contributed by atoms with Crippen LogP contribution in [0.1, 0.15) is 20.8 Å². The minimum absolute atomic E-state index is 0.0216. The SMILES string of the molecule is CC(C)C(=O)[C@@H]1NC(=O)O[C@@H]1C. The lowest BCUT2D eigenvalue weighted by molar-refractivity contribution is -0.124. The maximum Gasteiger partial charge on any atom is 0.408 e. The number of rotatable bonds is 2. The van der Waals surface area contributed by atoms with Crippen LogP contribution in [0.2, 0.25) is 0 Å². The van der Waals surface area contributed by atoms with Crippen molar-refractivity contribution in [3.8, 4) is 0 Å². The molecule has 1 heterocycles. The van der Waals surface area contributed by atoms with Crippen LogP contribution in [0.15, 0.2) is 0 Å². The van der Waals surface area contributed by atoms with E-state index in [1.54, 1.807) is 20.8 Å². The Labute approximate surface area is 71.3 Å². The van der Waals surface area contributed by atoms with Crippen LogP contribution in [0.5, 0.6) is 0 Å². The van der Waals surface area contributed by atoms with Crippen LogP contribution in [0.3, 0.4) is 0 Å². The Balaban J connectivity index is 2.64. The second-order valence-electron chi connectivity index (χ2n) is 3.29. The van der Waals surface area contributed by atoms with Gasteiger partial charge in [-0.2, -0.15) is 0 Å². The molecule has 2 atom stereocenters. The first kappa shape index (κ1) is 9.03. The maximum absolute atomic E-state index is 11.4. The van der Waals surface area contributed by atoms with Crippen molar-refractivity contribution in [3.63, 3.8) is 0 Å². The molecule has 0 aromatic heterocycles. The van der Waals surface area contributed by atoms with E-state index in [-0.39, 0.29) is 17.8 Å². The third kappa shape index (κ3) is 1.57. The lowest BCUT2D eigenvalue weighted by atomic mass is 9.99. The van der Waals surface area contributed by atoms with Crippen LogP contribution in [-0.2, 0) is 9.53 Å². The monoisotopic (exact) mass is 171 g/mol. The van der Waals surface area contributed by atoms with Crippen molar-refractivity contribution >= 4 is 11.9 Å². The highest BCUT2D eigenvalue weighted by Gasteiger charge is 2.36. The molecule has 1 aliphatic heterocycles. The second-order valence-corrected chi connectivity index (χ2v) is 3.29. The Kier molecular flexibility index (Phi) is 2.35. The number of ketones is 1. The number of amides is 1. The topological polar surface area (TPSA) is 55.4 Å². The van der Waals surface area contributed by atoms with Crippen LogP contribution in [0.4, 0.5) is 4.79 Å². The molecule has 0 saturated carbocycles. The molecule has 0 aromatic carbocycles. The average Bonchev–Trinajstić information content (AvgIpc) is 2.28. The number of carbonyl (C=O) groups is 2. The van der Waals surface area contributed by atoms with Crippen molar-refractivity contribution in [1.82, 2.24) is 5.32 Å². The Bertz CT molecular complexity index is 212. The zero-order chi connectivity index (χ0) is 9.30. The number of carbonyl (C=O) groups excluding carboxylic acids is 2. The summed E-state index contributed by atoms with van der Waals surface area (Å²) in [5.74, 6) is -0.0483. The van der Waals surface area contributed by atoms with Gasteiger partial charge in [-0.05, 0) is 6.92 Å². The average molecular weight is 171 g/mol. The number of hydrogen-bond acceptors (Lipinski definition) is 3. The molecule has 1 amide bonds. The van der Waals surface area contributed by atoms with Gasteiger partial charge >= 0.3 is 6.09 Å². The van der Waals surface area contributed by atoms with Gasteiger partial charge < -0.3 is 10.1 Å². The van der Waals surface area contributed by atoms with Gasteiger partial charge in [0, 0.05) is 5.92 Å². The molecule has 1 N–H and O–H groups in total. The minimum atomic E-state index is -0.499. The Morgan fingerprint density at radius 3 is 2.50 bits per heavy atom. The van der Waals surface area contributed by atoms with Crippen molar-refractivity contribution in [2.75, 3.05) is 0 Å². The van der Waals surface area contributed by atoms with Crippen LogP contribution < -0.4 is 5.32 Å². The summed E-state index contributed by atoms with van der Waals surface area (Å²) in [7, 11) is 0. The predicted molar refractivity (Wildman–Crippen MR) is 42.7 cm³/mol. The third-order valence-corrected chi connectivity index (χ3v) is 1.91. The van der Waals surface area contributed by atoms with Gasteiger partial charge in [-0.25, -0.2) is 4.79 Å². The highest BCUT2D eigenvalue weighted by Crippen LogP contribution is 2.12. The molecule has 0 unspecified atom stereocenters. The quantitative estimate of drug-likeness (QED) is 0.665. The van der Waals surface area contributed by atoms with Gasteiger partial charge in [-0.15, -0.1) is 0 Å². The molecular weight excluding hydrogens is 158 g/mol. The maximum atomic E-state index is 11.4. The zero-order valence-electron chi connectivity index (χ0n) is 7.46. The number of cyclic esters (lactones) is 1. The van der Waals surface area contributed by atoms with Gasteiger partial charge in [0.1, 0.15) is 12.1 Å². The molecule has 0 spiro atoms. The smallest absolute Gasteiger partial charge is 0.408 e. The number of Topliss-reactive ketones (excluding diaryl/α,β-unsaturated/α-hetero) is 1. The summed E-state index contributed by atoms with van der Waals surface area (Å²) >= 11 is 0. The molecule has 1 saturated heterocycles. The van der Waals surface area contributed by atoms with E-state index < -0.39 is 12.1 Å². The minimum Gasteiger partial charge on any atom is -0.444 e. The summed E-state index contributed by atoms with van der Waals surface area (Å²) in [4.78, 5) is 22.1. The first-order valence-electron chi connectivity index (χ1n) is 4.03. The molecule has 12 heavy (non-hydrogen) atoms. The number of alkyl carbamates (subject to hydrolysis) is 1. The summed E-state index contributed by atoms with van der Waals surface area (Å²) in [6, 6.07) is -0.461. The summed E-state index contributed by atoms with van der Waals surface area (Å²) in [6.45, 7) is 5.32. The fourth-order valence-electron chi connectivity index (χ4n) is 1.18. The van der Waals surface area contributed by atoms with Crippen molar-refractivity contribution in [3.05, 3.63) is 0 Å². The highest BCUT2D eigenvalue weighted by atomic mass is 16.6. The molecular formula is C8H13NO3. The standard InChI is InChI=1S/C8H13NO3/c1-4(2)7(10)6-5(3)12-8(11)9-6/h4-6H,1-3H3,(H,9,11)/t5-,6-/m1/s1. The van der Waals surface area contributed by atoms with E-state index in [2.05, 4.69) is 5.32 Å². The molecule has 0 aliphatic carbocycles. The predicted octanol–water partition coefficient (Wildman–Crippen LogP) is 0.708. The number of ether oxygens (including phenoxy) is 1. The fraction of sp³-hybridized carbons (Fsp3) is 0.750. The molecule has 4 nitrogen and oxygen atoms in total. The van der Waals surface area contributed by atoms with E-state index in [0.717, 1.165) is 0 Å². The van der Waals surface area contributed by atoms with E-state index in [1.807, 2.05) is 0 Å². The lowest BCUT2D eigenvalue weighted by Gasteiger charge is -2.13. The molecule has 1 fully saturated rings.